The summed E-state index contributed by atoms with van der Waals surface area (Å²) in [5.41, 5.74) is -0.347. The fraction of sp³-hybridized carbons (Fsp3) is 0.214. The van der Waals surface area contributed by atoms with Crippen LogP contribution in [0, 0.1) is 0 Å². The van der Waals surface area contributed by atoms with E-state index in [1.807, 2.05) is 24.3 Å². The number of thiocarbonyl (C=S) groups is 1. The Morgan fingerprint density at radius 3 is 2.75 bits per heavy atom. The van der Waals surface area contributed by atoms with Gasteiger partial charge >= 0.3 is 0 Å². The van der Waals surface area contributed by atoms with Crippen LogP contribution in [0.4, 0.5) is 0 Å². The first kappa shape index (κ1) is 13.9. The quantitative estimate of drug-likeness (QED) is 0.872. The highest BCUT2D eigenvalue weighted by Gasteiger charge is 2.44. The molecule has 20 heavy (non-hydrogen) atoms. The van der Waals surface area contributed by atoms with Crippen LogP contribution in [-0.2, 0) is 12.3 Å². The molecule has 0 saturated carbocycles. The summed E-state index contributed by atoms with van der Waals surface area (Å²) in [5.74, 6) is 1.26. The van der Waals surface area contributed by atoms with Crippen LogP contribution < -0.4 is 0 Å². The van der Waals surface area contributed by atoms with Gasteiger partial charge in [0.1, 0.15) is 10.1 Å². The van der Waals surface area contributed by atoms with E-state index in [9.17, 15) is 5.11 Å². The first-order chi connectivity index (χ1) is 9.59. The maximum Gasteiger partial charge on any atom is 0.175 e. The van der Waals surface area contributed by atoms with Gasteiger partial charge in [-0.3, -0.25) is 0 Å². The minimum Gasteiger partial charge on any atom is -0.467 e. The van der Waals surface area contributed by atoms with E-state index in [4.69, 9.17) is 28.2 Å². The van der Waals surface area contributed by atoms with Gasteiger partial charge in [0, 0.05) is 10.6 Å². The predicted molar refractivity (Wildman–Crippen MR) is 84.7 cm³/mol. The van der Waals surface area contributed by atoms with Gasteiger partial charge in [-0.1, -0.05) is 47.7 Å². The van der Waals surface area contributed by atoms with E-state index in [2.05, 4.69) is 0 Å². The Balaban J connectivity index is 1.93. The van der Waals surface area contributed by atoms with Crippen molar-refractivity contribution >= 4 is 39.9 Å². The SMILES string of the molecule is O[C@@]1(c2ccc(Cl)cc2)CSC(=S)N1Cc1ccco1. The number of aliphatic hydroxyl groups is 1. The molecule has 0 unspecified atom stereocenters. The Labute approximate surface area is 131 Å². The van der Waals surface area contributed by atoms with E-state index in [-0.39, 0.29) is 0 Å². The summed E-state index contributed by atoms with van der Waals surface area (Å²) >= 11 is 12.7. The van der Waals surface area contributed by atoms with Crippen LogP contribution in [0.2, 0.25) is 5.02 Å². The largest absolute Gasteiger partial charge is 0.467 e. The Hall–Kier alpha value is -1.01. The molecule has 3 nitrogen and oxygen atoms in total. The molecule has 0 bridgehead atoms. The lowest BCUT2D eigenvalue weighted by Gasteiger charge is -2.33. The molecule has 104 valence electrons. The molecule has 3 rings (SSSR count). The second-order valence-corrected chi connectivity index (χ2v) is 6.59. The van der Waals surface area contributed by atoms with Gasteiger partial charge < -0.3 is 14.4 Å². The van der Waals surface area contributed by atoms with E-state index in [1.165, 1.54) is 11.8 Å². The van der Waals surface area contributed by atoms with Crippen molar-refractivity contribution in [2.45, 2.75) is 12.3 Å². The summed E-state index contributed by atoms with van der Waals surface area (Å²) in [6, 6.07) is 10.9. The molecule has 1 aromatic heterocycles. The molecule has 1 saturated heterocycles. The third-order valence-corrected chi connectivity index (χ3v) is 5.10. The molecule has 2 aromatic rings. The molecular formula is C14H12ClNO2S2. The lowest BCUT2D eigenvalue weighted by molar-refractivity contribution is -0.0532. The van der Waals surface area contributed by atoms with Crippen molar-refractivity contribution in [3.8, 4) is 0 Å². The number of rotatable bonds is 3. The first-order valence-corrected chi connectivity index (χ1v) is 7.82. The average Bonchev–Trinajstić information content (AvgIpc) is 3.04. The second-order valence-electron chi connectivity index (χ2n) is 4.54. The van der Waals surface area contributed by atoms with Crippen LogP contribution in [0.25, 0.3) is 0 Å². The van der Waals surface area contributed by atoms with Crippen molar-refractivity contribution in [3.63, 3.8) is 0 Å². The summed E-state index contributed by atoms with van der Waals surface area (Å²) < 4.78 is 6.01. The number of furan rings is 1. The summed E-state index contributed by atoms with van der Waals surface area (Å²) in [5, 5.41) is 11.7. The van der Waals surface area contributed by atoms with Crippen LogP contribution in [0.3, 0.4) is 0 Å². The van der Waals surface area contributed by atoms with Crippen molar-refractivity contribution in [1.82, 2.24) is 4.90 Å². The zero-order valence-corrected chi connectivity index (χ0v) is 12.8. The summed E-state index contributed by atoms with van der Waals surface area (Å²) in [6.45, 7) is 0.442. The van der Waals surface area contributed by atoms with Gasteiger partial charge in [0.2, 0.25) is 0 Å². The minimum absolute atomic E-state index is 0.442. The molecule has 0 aliphatic carbocycles. The van der Waals surface area contributed by atoms with Gasteiger partial charge in [0.25, 0.3) is 0 Å². The normalized spacial score (nSPS) is 22.5. The van der Waals surface area contributed by atoms with Gasteiger partial charge in [0.15, 0.2) is 5.72 Å². The van der Waals surface area contributed by atoms with E-state index >= 15 is 0 Å². The van der Waals surface area contributed by atoms with Crippen molar-refractivity contribution < 1.29 is 9.52 Å². The monoisotopic (exact) mass is 325 g/mol. The fourth-order valence-electron chi connectivity index (χ4n) is 2.18. The Bertz CT molecular complexity index is 615. The smallest absolute Gasteiger partial charge is 0.175 e. The van der Waals surface area contributed by atoms with E-state index in [0.29, 0.717) is 21.6 Å². The Kier molecular flexibility index (Phi) is 3.77. The maximum atomic E-state index is 11.0. The molecule has 0 amide bonds. The molecule has 2 heterocycles. The summed E-state index contributed by atoms with van der Waals surface area (Å²) in [7, 11) is 0. The van der Waals surface area contributed by atoms with Gasteiger partial charge in [0.05, 0.1) is 18.6 Å². The standard InChI is InChI=1S/C14H12ClNO2S2/c15-11-5-3-10(4-6-11)14(17)9-20-13(19)16(14)8-12-2-1-7-18-12/h1-7,17H,8-9H2/t14-/m1/s1. The Morgan fingerprint density at radius 2 is 2.10 bits per heavy atom. The van der Waals surface area contributed by atoms with Crippen LogP contribution in [0.1, 0.15) is 11.3 Å². The summed E-state index contributed by atoms with van der Waals surface area (Å²) in [4.78, 5) is 1.79. The van der Waals surface area contributed by atoms with Gasteiger partial charge in [-0.05, 0) is 24.3 Å². The number of hydrogen-bond donors (Lipinski definition) is 1. The number of hydrogen-bond acceptors (Lipinski definition) is 4. The third-order valence-electron chi connectivity index (χ3n) is 3.26. The fourth-order valence-corrected chi connectivity index (χ4v) is 3.72. The summed E-state index contributed by atoms with van der Waals surface area (Å²) in [6.07, 6.45) is 1.61. The predicted octanol–water partition coefficient (Wildman–Crippen LogP) is 3.61. The molecule has 1 atom stereocenters. The van der Waals surface area contributed by atoms with E-state index in [1.54, 1.807) is 23.3 Å². The number of nitrogens with zero attached hydrogens (tertiary/aromatic N) is 1. The van der Waals surface area contributed by atoms with E-state index < -0.39 is 5.72 Å². The van der Waals surface area contributed by atoms with Crippen LogP contribution >= 0.6 is 35.6 Å². The third kappa shape index (κ3) is 2.46. The molecule has 1 aromatic carbocycles. The van der Waals surface area contributed by atoms with Crippen molar-refractivity contribution in [1.29, 1.82) is 0 Å². The molecule has 6 heteroatoms. The number of benzene rings is 1. The second kappa shape index (κ2) is 5.41. The zero-order chi connectivity index (χ0) is 14.2. The van der Waals surface area contributed by atoms with E-state index in [0.717, 1.165) is 11.3 Å². The molecule has 1 aliphatic heterocycles. The topological polar surface area (TPSA) is 36.6 Å². The molecule has 1 N–H and O–H groups in total. The molecule has 0 radical (unpaired) electrons. The molecule has 1 fully saturated rings. The van der Waals surface area contributed by atoms with Gasteiger partial charge in [-0.15, -0.1) is 0 Å². The lowest BCUT2D eigenvalue weighted by atomic mass is 10.0. The van der Waals surface area contributed by atoms with Crippen molar-refractivity contribution in [2.24, 2.45) is 0 Å². The molecule has 1 aliphatic rings. The Morgan fingerprint density at radius 1 is 1.35 bits per heavy atom. The van der Waals surface area contributed by atoms with Crippen LogP contribution in [0.5, 0.6) is 0 Å². The van der Waals surface area contributed by atoms with Gasteiger partial charge in [-0.2, -0.15) is 0 Å². The lowest BCUT2D eigenvalue weighted by Crippen LogP contribution is -2.43. The maximum absolute atomic E-state index is 11.0. The van der Waals surface area contributed by atoms with Crippen molar-refractivity contribution in [3.05, 3.63) is 59.0 Å². The molecular weight excluding hydrogens is 314 g/mol. The van der Waals surface area contributed by atoms with Crippen molar-refractivity contribution in [2.75, 3.05) is 5.75 Å². The van der Waals surface area contributed by atoms with Crippen LogP contribution in [0.15, 0.2) is 47.1 Å². The minimum atomic E-state index is -1.13. The van der Waals surface area contributed by atoms with Gasteiger partial charge in [-0.25, -0.2) is 0 Å². The number of halogens is 1. The first-order valence-electron chi connectivity index (χ1n) is 6.05. The van der Waals surface area contributed by atoms with Crippen LogP contribution in [-0.4, -0.2) is 20.1 Å². The zero-order valence-electron chi connectivity index (χ0n) is 10.5. The molecule has 0 spiro atoms. The highest BCUT2D eigenvalue weighted by atomic mass is 35.5. The average molecular weight is 326 g/mol. The highest BCUT2D eigenvalue weighted by Crippen LogP contribution is 2.40. The number of thioether (sulfide) groups is 1. The highest BCUT2D eigenvalue weighted by molar-refractivity contribution is 8.23.